The molecule has 2 amide bonds. The first-order valence-electron chi connectivity index (χ1n) is 8.70. The van der Waals surface area contributed by atoms with Crippen LogP contribution in [0.4, 0.5) is 10.6 Å². The van der Waals surface area contributed by atoms with Crippen LogP contribution in [0.25, 0.3) is 0 Å². The zero-order valence-electron chi connectivity index (χ0n) is 15.1. The van der Waals surface area contributed by atoms with Gasteiger partial charge in [-0.1, -0.05) is 42.5 Å². The number of hydrogen-bond acceptors (Lipinski definition) is 4. The number of aromatic amines is 1. The number of nitrogens with one attached hydrogen (secondary N) is 3. The van der Waals surface area contributed by atoms with E-state index in [1.165, 1.54) is 11.6 Å². The van der Waals surface area contributed by atoms with Crippen LogP contribution in [0.3, 0.4) is 0 Å². The fourth-order valence-corrected chi connectivity index (χ4v) is 3.15. The van der Waals surface area contributed by atoms with Crippen LogP contribution in [-0.2, 0) is 13.7 Å². The molecule has 0 bridgehead atoms. The molecule has 142 valence electrons. The molecule has 8 heteroatoms. The number of ether oxygens (including phenoxy) is 1. The van der Waals surface area contributed by atoms with Crippen molar-refractivity contribution in [2.75, 3.05) is 5.32 Å². The number of hydrogen-bond donors (Lipinski definition) is 3. The molecule has 1 aliphatic heterocycles. The molecule has 0 saturated heterocycles. The molecule has 28 heavy (non-hydrogen) atoms. The quantitative estimate of drug-likeness (QED) is 0.645. The minimum Gasteiger partial charge on any atom is -0.489 e. The highest BCUT2D eigenvalue weighted by Crippen LogP contribution is 2.29. The van der Waals surface area contributed by atoms with Crippen molar-refractivity contribution < 1.29 is 9.53 Å². The van der Waals surface area contributed by atoms with Crippen LogP contribution < -0.4 is 26.6 Å². The van der Waals surface area contributed by atoms with E-state index in [4.69, 9.17) is 4.74 Å². The lowest BCUT2D eigenvalue weighted by Crippen LogP contribution is -2.46. The Bertz CT molecular complexity index is 1130. The molecule has 0 spiro atoms. The van der Waals surface area contributed by atoms with Crippen molar-refractivity contribution in [3.05, 3.63) is 92.1 Å². The molecule has 0 unspecified atom stereocenters. The number of aromatic nitrogens is 2. The van der Waals surface area contributed by atoms with Crippen molar-refractivity contribution >= 4 is 11.8 Å². The molecule has 1 atom stereocenters. The number of benzene rings is 2. The van der Waals surface area contributed by atoms with Gasteiger partial charge in [0.25, 0.3) is 5.56 Å². The molecular formula is C20H18N4O4. The lowest BCUT2D eigenvalue weighted by Gasteiger charge is -2.27. The molecule has 8 nitrogen and oxygen atoms in total. The SMILES string of the molecule is Cn1c2c(c(=O)[nH]c1=O)[C@@H](c1ccc(OCc3ccccc3)cc1)NC(=O)N2. The number of rotatable bonds is 4. The van der Waals surface area contributed by atoms with E-state index < -0.39 is 23.3 Å². The van der Waals surface area contributed by atoms with E-state index >= 15 is 0 Å². The van der Waals surface area contributed by atoms with Crippen LogP contribution in [0, 0.1) is 0 Å². The summed E-state index contributed by atoms with van der Waals surface area (Å²) in [7, 11) is 1.49. The van der Waals surface area contributed by atoms with Gasteiger partial charge < -0.3 is 10.1 Å². The summed E-state index contributed by atoms with van der Waals surface area (Å²) in [5.74, 6) is 0.856. The smallest absolute Gasteiger partial charge is 0.329 e. The number of anilines is 1. The van der Waals surface area contributed by atoms with Gasteiger partial charge in [-0.3, -0.25) is 19.7 Å². The van der Waals surface area contributed by atoms with Crippen molar-refractivity contribution in [1.82, 2.24) is 14.9 Å². The van der Waals surface area contributed by atoms with Crippen LogP contribution in [-0.4, -0.2) is 15.6 Å². The van der Waals surface area contributed by atoms with Crippen molar-refractivity contribution in [1.29, 1.82) is 0 Å². The first-order chi connectivity index (χ1) is 13.5. The minimum atomic E-state index is -0.678. The Morgan fingerprint density at radius 2 is 1.71 bits per heavy atom. The van der Waals surface area contributed by atoms with Gasteiger partial charge in [-0.15, -0.1) is 0 Å². The number of urea groups is 1. The Morgan fingerprint density at radius 3 is 2.43 bits per heavy atom. The van der Waals surface area contributed by atoms with E-state index in [0.717, 1.165) is 5.56 Å². The van der Waals surface area contributed by atoms with Crippen LogP contribution in [0.1, 0.15) is 22.7 Å². The van der Waals surface area contributed by atoms with Crippen molar-refractivity contribution in [3.8, 4) is 5.75 Å². The summed E-state index contributed by atoms with van der Waals surface area (Å²) in [6.45, 7) is 0.439. The third kappa shape index (κ3) is 3.27. The van der Waals surface area contributed by atoms with Crippen LogP contribution >= 0.6 is 0 Å². The van der Waals surface area contributed by atoms with Gasteiger partial charge in [-0.25, -0.2) is 9.59 Å². The maximum atomic E-state index is 12.4. The Morgan fingerprint density at radius 1 is 1.00 bits per heavy atom. The molecule has 2 aromatic carbocycles. The van der Waals surface area contributed by atoms with Gasteiger partial charge in [0.05, 0.1) is 11.6 Å². The van der Waals surface area contributed by atoms with Gasteiger partial charge in [-0.2, -0.15) is 0 Å². The number of carbonyl (C=O) groups is 1. The Balaban J connectivity index is 1.62. The molecule has 0 radical (unpaired) electrons. The number of amides is 2. The standard InChI is InChI=1S/C20H18N4O4/c1-24-17-15(18(25)23-20(24)27)16(21-19(26)22-17)13-7-9-14(10-8-13)28-11-12-5-3-2-4-6-12/h2-10,16H,11H2,1H3,(H2,21,22,26)(H,23,25,27)/t16-/m1/s1. The molecule has 0 aliphatic carbocycles. The topological polar surface area (TPSA) is 105 Å². The van der Waals surface area contributed by atoms with Crippen molar-refractivity contribution in [3.63, 3.8) is 0 Å². The van der Waals surface area contributed by atoms with Gasteiger partial charge in [0.1, 0.15) is 18.2 Å². The monoisotopic (exact) mass is 378 g/mol. The zero-order chi connectivity index (χ0) is 19.7. The molecule has 1 aromatic heterocycles. The second-order valence-corrected chi connectivity index (χ2v) is 6.46. The number of nitrogens with zero attached hydrogens (tertiary/aromatic N) is 1. The Hall–Kier alpha value is -3.81. The molecule has 3 aromatic rings. The lowest BCUT2D eigenvalue weighted by atomic mass is 9.98. The third-order valence-corrected chi connectivity index (χ3v) is 4.62. The van der Waals surface area contributed by atoms with Gasteiger partial charge in [0, 0.05) is 7.05 Å². The van der Waals surface area contributed by atoms with Gasteiger partial charge >= 0.3 is 11.7 Å². The summed E-state index contributed by atoms with van der Waals surface area (Å²) in [4.78, 5) is 38.5. The Kier molecular flexibility index (Phi) is 4.44. The molecule has 4 rings (SSSR count). The van der Waals surface area contributed by atoms with Crippen LogP contribution in [0.5, 0.6) is 5.75 Å². The molecular weight excluding hydrogens is 360 g/mol. The van der Waals surface area contributed by atoms with Crippen LogP contribution in [0.2, 0.25) is 0 Å². The first kappa shape index (κ1) is 17.6. The molecule has 0 saturated carbocycles. The second kappa shape index (κ2) is 7.07. The van der Waals surface area contributed by atoms with Crippen molar-refractivity contribution in [2.45, 2.75) is 12.6 Å². The normalized spacial score (nSPS) is 15.3. The Labute approximate surface area is 159 Å². The zero-order valence-corrected chi connectivity index (χ0v) is 15.1. The summed E-state index contributed by atoms with van der Waals surface area (Å²) >= 11 is 0. The number of carbonyl (C=O) groups excluding carboxylic acids is 1. The predicted molar refractivity (Wildman–Crippen MR) is 104 cm³/mol. The van der Waals surface area contributed by atoms with E-state index in [1.807, 2.05) is 30.3 Å². The fourth-order valence-electron chi connectivity index (χ4n) is 3.15. The van der Waals surface area contributed by atoms with E-state index in [0.29, 0.717) is 17.9 Å². The number of fused-ring (bicyclic) bond motifs is 1. The number of H-pyrrole nitrogens is 1. The average molecular weight is 378 g/mol. The summed E-state index contributed by atoms with van der Waals surface area (Å²) in [6.07, 6.45) is 0. The highest BCUT2D eigenvalue weighted by Gasteiger charge is 2.30. The molecule has 0 fully saturated rings. The summed E-state index contributed by atoms with van der Waals surface area (Å²) in [6, 6.07) is 15.8. The highest BCUT2D eigenvalue weighted by molar-refractivity contribution is 5.92. The second-order valence-electron chi connectivity index (χ2n) is 6.46. The average Bonchev–Trinajstić information content (AvgIpc) is 2.71. The third-order valence-electron chi connectivity index (χ3n) is 4.62. The van der Waals surface area contributed by atoms with E-state index in [2.05, 4.69) is 15.6 Å². The van der Waals surface area contributed by atoms with Gasteiger partial charge in [0.15, 0.2) is 0 Å². The molecule has 3 N–H and O–H groups in total. The highest BCUT2D eigenvalue weighted by atomic mass is 16.5. The maximum absolute atomic E-state index is 12.4. The minimum absolute atomic E-state index is 0.187. The predicted octanol–water partition coefficient (Wildman–Crippen LogP) is 1.88. The van der Waals surface area contributed by atoms with Crippen molar-refractivity contribution in [2.24, 2.45) is 7.05 Å². The van der Waals surface area contributed by atoms with E-state index in [1.54, 1.807) is 24.3 Å². The lowest BCUT2D eigenvalue weighted by molar-refractivity contribution is 0.248. The van der Waals surface area contributed by atoms with E-state index in [9.17, 15) is 14.4 Å². The largest absolute Gasteiger partial charge is 0.489 e. The fraction of sp³-hybridized carbons (Fsp3) is 0.150. The molecule has 2 heterocycles. The molecule has 1 aliphatic rings. The van der Waals surface area contributed by atoms with Crippen LogP contribution in [0.15, 0.2) is 64.2 Å². The summed E-state index contributed by atoms with van der Waals surface area (Å²) in [5, 5.41) is 5.26. The van der Waals surface area contributed by atoms with E-state index in [-0.39, 0.29) is 11.4 Å². The maximum Gasteiger partial charge on any atom is 0.329 e. The first-order valence-corrected chi connectivity index (χ1v) is 8.70. The van der Waals surface area contributed by atoms with Gasteiger partial charge in [0.2, 0.25) is 0 Å². The summed E-state index contributed by atoms with van der Waals surface area (Å²) in [5.41, 5.74) is 0.903. The van der Waals surface area contributed by atoms with Gasteiger partial charge in [-0.05, 0) is 23.3 Å². The summed E-state index contributed by atoms with van der Waals surface area (Å²) < 4.78 is 6.98.